The Labute approximate surface area is 475 Å². The first-order chi connectivity index (χ1) is 38.1. The molecule has 4 fully saturated rings. The molecule has 0 saturated carbocycles. The highest BCUT2D eigenvalue weighted by molar-refractivity contribution is 5.95. The number of phenols is 2. The van der Waals surface area contributed by atoms with Crippen molar-refractivity contribution in [1.29, 1.82) is 0 Å². The topological polar surface area (TPSA) is 245 Å². The van der Waals surface area contributed by atoms with Crippen LogP contribution in [0.4, 0.5) is 0 Å². The van der Waals surface area contributed by atoms with E-state index in [1.54, 1.807) is 39.8 Å². The fraction of sp³-hybridized carbons (Fsp3) is 0.750. The van der Waals surface area contributed by atoms with Gasteiger partial charge in [-0.15, -0.1) is 0 Å². The third-order valence-corrected chi connectivity index (χ3v) is 18.6. The van der Waals surface area contributed by atoms with Crippen molar-refractivity contribution in [3.05, 3.63) is 58.7 Å². The zero-order chi connectivity index (χ0) is 57.7. The minimum atomic E-state index is -1.09. The number of carboxylic acids is 2. The number of carbonyl (C=O) groups excluding carboxylic acids is 2. The van der Waals surface area contributed by atoms with Crippen molar-refractivity contribution < 1.29 is 78.2 Å². The van der Waals surface area contributed by atoms with Gasteiger partial charge in [0.2, 0.25) is 0 Å². The largest absolute Gasteiger partial charge is 0.507 e. The predicted molar refractivity (Wildman–Crippen MR) is 301 cm³/mol. The molecule has 2 aromatic carbocycles. The highest BCUT2D eigenvalue weighted by atomic mass is 16.6. The minimum absolute atomic E-state index is 0.0299. The molecule has 5 aliphatic heterocycles. The van der Waals surface area contributed by atoms with Crippen LogP contribution in [0.1, 0.15) is 227 Å². The van der Waals surface area contributed by atoms with Gasteiger partial charge in [0, 0.05) is 12.8 Å². The molecule has 6 N–H and O–H groups in total. The summed E-state index contributed by atoms with van der Waals surface area (Å²) in [6.45, 7) is 10.7. The van der Waals surface area contributed by atoms with Crippen LogP contribution in [0.25, 0.3) is 0 Å². The van der Waals surface area contributed by atoms with Gasteiger partial charge in [-0.1, -0.05) is 38.1 Å². The lowest BCUT2D eigenvalue weighted by Gasteiger charge is -2.38. The maximum atomic E-state index is 14.4. The normalized spacial score (nSPS) is 31.4. The average molecular weight is 1120 g/mol. The molecular formula is C64H96O16. The van der Waals surface area contributed by atoms with Crippen LogP contribution >= 0.6 is 0 Å². The number of esters is 2. The molecule has 4 bridgehead atoms. The Hall–Kier alpha value is -4.32. The lowest BCUT2D eigenvalue weighted by Crippen LogP contribution is -2.44. The summed E-state index contributed by atoms with van der Waals surface area (Å²) in [5.74, 6) is -3.90. The van der Waals surface area contributed by atoms with E-state index in [2.05, 4.69) is 0 Å². The molecule has 0 spiro atoms. The van der Waals surface area contributed by atoms with E-state index in [1.807, 2.05) is 26.0 Å². The van der Waals surface area contributed by atoms with Crippen LogP contribution in [0.15, 0.2) is 36.4 Å². The number of aromatic hydroxyl groups is 2. The van der Waals surface area contributed by atoms with E-state index in [0.717, 1.165) is 64.2 Å². The molecule has 0 aliphatic carbocycles. The highest BCUT2D eigenvalue weighted by Crippen LogP contribution is 2.39. The fourth-order valence-corrected chi connectivity index (χ4v) is 13.2. The zero-order valence-corrected chi connectivity index (χ0v) is 48.7. The van der Waals surface area contributed by atoms with Gasteiger partial charge in [0.1, 0.15) is 34.8 Å². The highest BCUT2D eigenvalue weighted by Gasteiger charge is 2.43. The summed E-state index contributed by atoms with van der Waals surface area (Å²) in [5, 5.41) is 65.8. The molecule has 5 aliphatic rings. The number of fused-ring (bicyclic) bond motifs is 6. The van der Waals surface area contributed by atoms with Crippen molar-refractivity contribution in [2.75, 3.05) is 0 Å². The van der Waals surface area contributed by atoms with Gasteiger partial charge in [0.05, 0.1) is 71.9 Å². The monoisotopic (exact) mass is 1120 g/mol. The number of hydrogen-bond donors (Lipinski definition) is 6. The summed E-state index contributed by atoms with van der Waals surface area (Å²) in [6, 6.07) is 10.2. The number of carboxylic acid groups (broad SMARTS) is 2. The quantitative estimate of drug-likeness (QED) is 0.108. The number of carbonyl (C=O) groups is 4. The van der Waals surface area contributed by atoms with Crippen LogP contribution in [-0.2, 0) is 50.9 Å². The molecular weight excluding hydrogens is 1020 g/mol. The van der Waals surface area contributed by atoms with Crippen molar-refractivity contribution in [3.63, 3.8) is 0 Å². The van der Waals surface area contributed by atoms with Gasteiger partial charge in [0.15, 0.2) is 0 Å². The molecule has 7 rings (SSSR count). The Balaban J connectivity index is 1.08. The number of rotatable bonds is 12. The first-order valence-corrected chi connectivity index (χ1v) is 30.6. The summed E-state index contributed by atoms with van der Waals surface area (Å²) in [4.78, 5) is 53.1. The smallest absolute Gasteiger partial charge is 0.342 e. The number of aliphatic hydroxyl groups excluding tert-OH is 2. The number of aryl methyl sites for hydroxylation is 2. The number of ether oxygens (including phenoxy) is 6. The van der Waals surface area contributed by atoms with E-state index in [1.165, 1.54) is 12.1 Å². The summed E-state index contributed by atoms with van der Waals surface area (Å²) < 4.78 is 38.9. The van der Waals surface area contributed by atoms with Crippen LogP contribution < -0.4 is 0 Å². The van der Waals surface area contributed by atoms with E-state index < -0.39 is 71.3 Å². The van der Waals surface area contributed by atoms with E-state index in [9.17, 15) is 49.8 Å². The predicted octanol–water partition coefficient (Wildman–Crippen LogP) is 11.6. The average Bonchev–Trinajstić information content (AvgIpc) is 3.42. The fourth-order valence-electron chi connectivity index (χ4n) is 13.2. The SMILES string of the molecule is C[C@H]1CC[C@@H]2CCC[C@H](CCCc3cccc(O)c3C(=O)O[C@H](C[C@@H](O)C[C@@H]3CCC[C@H](C(C)(C)C(=O)O)O3)[C@@H](C)CC[C@H]3CCC[C@@H](CCCc4cccc(O)c4C(=O)O[C@@H]1C[C@@H](O)CC1CCC[C@H](C(C)(C)C(=O)O)O1)O3)O2. The number of benzene rings is 2. The standard InChI is InChI=1S/C64H96O16/c1-39-31-33-47-23-11-21-45(75-47)19-8-16-42-18-10-28-52(68)58(42)60(70)80-54(38-44(66)36-50-26-14-30-56(78-50)64(5,6)62(73)74)40(2)32-34-48-24-12-22-46(76-48)20-7-15-41-17-9-27-51(67)57(41)59(69)79-53(39)37-43(65)35-49-25-13-29-55(77-49)63(3,4)61(71)72/h9-10,17-18,27-28,39-40,43-50,53-56,65-68H,7-8,11-16,19-26,29-38H2,1-6H3,(H,71,72)(H,73,74)/t39-,40-,43-,44-,45-,46+,47-,48+,49?,50-,53+,54+,55+,56+/m0/s1. The van der Waals surface area contributed by atoms with E-state index in [0.29, 0.717) is 88.2 Å². The Bertz CT molecular complexity index is 2170. The minimum Gasteiger partial charge on any atom is -0.507 e. The molecule has 0 radical (unpaired) electrons. The first kappa shape index (κ1) is 63.3. The second-order valence-corrected chi connectivity index (χ2v) is 25.7. The molecule has 2 aromatic rings. The number of aliphatic hydroxyl groups is 2. The van der Waals surface area contributed by atoms with E-state index in [4.69, 9.17) is 28.4 Å². The van der Waals surface area contributed by atoms with Gasteiger partial charge in [-0.2, -0.15) is 0 Å². The molecule has 5 heterocycles. The van der Waals surface area contributed by atoms with Crippen LogP contribution in [0.2, 0.25) is 0 Å². The molecule has 80 heavy (non-hydrogen) atoms. The Morgan fingerprint density at radius 1 is 0.487 bits per heavy atom. The van der Waals surface area contributed by atoms with Gasteiger partial charge >= 0.3 is 23.9 Å². The van der Waals surface area contributed by atoms with E-state index >= 15 is 0 Å². The van der Waals surface area contributed by atoms with E-state index in [-0.39, 0.29) is 96.8 Å². The Morgan fingerprint density at radius 2 is 0.838 bits per heavy atom. The van der Waals surface area contributed by atoms with Gasteiger partial charge in [-0.3, -0.25) is 9.59 Å². The van der Waals surface area contributed by atoms with Crippen LogP contribution in [-0.4, -0.2) is 128 Å². The second-order valence-electron chi connectivity index (χ2n) is 25.7. The molecule has 1 unspecified atom stereocenters. The molecule has 16 nitrogen and oxygen atoms in total. The lowest BCUT2D eigenvalue weighted by atomic mass is 9.81. The van der Waals surface area contributed by atoms with Crippen LogP contribution in [0.5, 0.6) is 11.5 Å². The van der Waals surface area contributed by atoms with Crippen molar-refractivity contribution in [1.82, 2.24) is 0 Å². The van der Waals surface area contributed by atoms with Crippen molar-refractivity contribution >= 4 is 23.9 Å². The summed E-state index contributed by atoms with van der Waals surface area (Å²) >= 11 is 0. The number of cyclic esters (lactones) is 2. The summed E-state index contributed by atoms with van der Waals surface area (Å²) in [5.41, 5.74) is -0.609. The molecule has 448 valence electrons. The Morgan fingerprint density at radius 3 is 1.21 bits per heavy atom. The van der Waals surface area contributed by atoms with Gasteiger partial charge in [-0.05, 0) is 217 Å². The maximum Gasteiger partial charge on any atom is 0.342 e. The molecule has 0 amide bonds. The number of hydrogen-bond acceptors (Lipinski definition) is 14. The van der Waals surface area contributed by atoms with Gasteiger partial charge < -0.3 is 59.1 Å². The third kappa shape index (κ3) is 17.4. The van der Waals surface area contributed by atoms with Crippen molar-refractivity contribution in [3.8, 4) is 11.5 Å². The first-order valence-electron chi connectivity index (χ1n) is 30.6. The lowest BCUT2D eigenvalue weighted by molar-refractivity contribution is -0.168. The molecule has 16 heteroatoms. The zero-order valence-electron chi connectivity index (χ0n) is 48.7. The van der Waals surface area contributed by atoms with Crippen LogP contribution in [0, 0.1) is 22.7 Å². The Kier molecular flexibility index (Phi) is 23.2. The van der Waals surface area contributed by atoms with Crippen molar-refractivity contribution in [2.24, 2.45) is 22.7 Å². The third-order valence-electron chi connectivity index (χ3n) is 18.6. The van der Waals surface area contributed by atoms with Crippen LogP contribution in [0.3, 0.4) is 0 Å². The maximum absolute atomic E-state index is 14.4. The molecule has 4 saturated heterocycles. The number of aliphatic carboxylic acids is 2. The van der Waals surface area contributed by atoms with Gasteiger partial charge in [0.25, 0.3) is 0 Å². The molecule has 0 aromatic heterocycles. The van der Waals surface area contributed by atoms with Crippen molar-refractivity contribution in [2.45, 2.75) is 282 Å². The summed E-state index contributed by atoms with van der Waals surface area (Å²) in [7, 11) is 0. The van der Waals surface area contributed by atoms with Gasteiger partial charge in [-0.25, -0.2) is 9.59 Å². The summed E-state index contributed by atoms with van der Waals surface area (Å²) in [6.07, 6.45) is 11.7. The number of phenolic OH excluding ortho intramolecular Hbond substituents is 2. The molecule has 14 atom stereocenters. The second kappa shape index (κ2) is 29.3.